The van der Waals surface area contributed by atoms with Crippen LogP contribution in [-0.2, 0) is 19.4 Å². The van der Waals surface area contributed by atoms with E-state index < -0.39 is 31.8 Å². The van der Waals surface area contributed by atoms with E-state index in [4.69, 9.17) is 10.5 Å². The van der Waals surface area contributed by atoms with Crippen molar-refractivity contribution in [3.05, 3.63) is 0 Å². The highest BCUT2D eigenvalue weighted by Crippen LogP contribution is 2.42. The number of rotatable bonds is 2. The van der Waals surface area contributed by atoms with Crippen molar-refractivity contribution in [2.24, 2.45) is 5.73 Å². The highest BCUT2D eigenvalue weighted by Gasteiger charge is 2.55. The van der Waals surface area contributed by atoms with Gasteiger partial charge in [0.15, 0.2) is 9.84 Å². The summed E-state index contributed by atoms with van der Waals surface area (Å²) in [6.07, 6.45) is 1.69. The fourth-order valence-corrected chi connectivity index (χ4v) is 5.28. The van der Waals surface area contributed by atoms with Crippen LogP contribution in [0.15, 0.2) is 0 Å². The number of hydrogen-bond donors (Lipinski definition) is 1. The van der Waals surface area contributed by atoms with E-state index in [-0.39, 0.29) is 19.4 Å². The minimum Gasteiger partial charge on any atom is -0.465 e. The standard InChI is InChI=1S/C10H17NO4S/c1-2-15-9(12)10(11)5-7-3-4-8(6-10)16(7,13)14/h7-8H,2-6,11H2,1H3. The zero-order valence-corrected chi connectivity index (χ0v) is 10.1. The number of carbonyl (C=O) groups excluding carboxylic acids is 1. The Morgan fingerprint density at radius 2 is 1.88 bits per heavy atom. The summed E-state index contributed by atoms with van der Waals surface area (Å²) in [5.74, 6) is -0.457. The van der Waals surface area contributed by atoms with Gasteiger partial charge >= 0.3 is 5.97 Å². The molecule has 2 unspecified atom stereocenters. The maximum atomic E-state index is 11.8. The SMILES string of the molecule is CCOC(=O)C1(N)CC2CCC(C1)S2(=O)=O. The molecular weight excluding hydrogens is 230 g/mol. The van der Waals surface area contributed by atoms with Gasteiger partial charge in [0.2, 0.25) is 0 Å². The molecule has 2 atom stereocenters. The molecule has 2 aliphatic heterocycles. The third-order valence-electron chi connectivity index (χ3n) is 3.61. The molecule has 6 heteroatoms. The van der Waals surface area contributed by atoms with Gasteiger partial charge in [-0.15, -0.1) is 0 Å². The molecule has 2 N–H and O–H groups in total. The molecule has 0 spiro atoms. The van der Waals surface area contributed by atoms with Gasteiger partial charge in [0.25, 0.3) is 0 Å². The van der Waals surface area contributed by atoms with E-state index in [1.807, 2.05) is 0 Å². The zero-order chi connectivity index (χ0) is 12.0. The summed E-state index contributed by atoms with van der Waals surface area (Å²) in [4.78, 5) is 11.7. The second-order valence-electron chi connectivity index (χ2n) is 4.70. The van der Waals surface area contributed by atoms with Gasteiger partial charge in [-0.1, -0.05) is 0 Å². The summed E-state index contributed by atoms with van der Waals surface area (Å²) in [6.45, 7) is 2.00. The van der Waals surface area contributed by atoms with Gasteiger partial charge in [0.05, 0.1) is 17.1 Å². The Labute approximate surface area is 95.3 Å². The Hall–Kier alpha value is -0.620. The Kier molecular flexibility index (Phi) is 2.74. The molecule has 2 fully saturated rings. The molecule has 2 bridgehead atoms. The number of esters is 1. The number of nitrogens with two attached hydrogens (primary N) is 1. The summed E-state index contributed by atoms with van der Waals surface area (Å²) in [5.41, 5.74) is 4.90. The first-order chi connectivity index (χ1) is 7.40. The van der Waals surface area contributed by atoms with E-state index in [2.05, 4.69) is 0 Å². The molecule has 2 saturated heterocycles. The number of ether oxygens (including phenoxy) is 1. The van der Waals surface area contributed by atoms with E-state index in [1.165, 1.54) is 0 Å². The Morgan fingerprint density at radius 1 is 1.38 bits per heavy atom. The molecule has 0 aromatic carbocycles. The van der Waals surface area contributed by atoms with Gasteiger partial charge in [0.1, 0.15) is 5.54 Å². The van der Waals surface area contributed by atoms with Crippen LogP contribution in [-0.4, -0.2) is 37.0 Å². The first-order valence-electron chi connectivity index (χ1n) is 5.59. The monoisotopic (exact) mass is 247 g/mol. The number of hydrogen-bond acceptors (Lipinski definition) is 5. The minimum atomic E-state index is -3.04. The molecule has 0 aromatic rings. The molecule has 2 rings (SSSR count). The quantitative estimate of drug-likeness (QED) is 0.693. The lowest BCUT2D eigenvalue weighted by molar-refractivity contribution is -0.150. The summed E-state index contributed by atoms with van der Waals surface area (Å²) >= 11 is 0. The predicted octanol–water partition coefficient (Wildman–Crippen LogP) is -0.0134. The Balaban J connectivity index is 2.21. The van der Waals surface area contributed by atoms with Crippen LogP contribution in [0.2, 0.25) is 0 Å². The molecule has 0 aliphatic carbocycles. The highest BCUT2D eigenvalue weighted by atomic mass is 32.2. The predicted molar refractivity (Wildman–Crippen MR) is 58.5 cm³/mol. The van der Waals surface area contributed by atoms with Crippen LogP contribution in [0.4, 0.5) is 0 Å². The lowest BCUT2D eigenvalue weighted by Crippen LogP contribution is -2.57. The average Bonchev–Trinajstić information content (AvgIpc) is 2.40. The van der Waals surface area contributed by atoms with Crippen molar-refractivity contribution in [3.8, 4) is 0 Å². The van der Waals surface area contributed by atoms with Crippen LogP contribution in [0, 0.1) is 0 Å². The van der Waals surface area contributed by atoms with Crippen LogP contribution in [0.5, 0.6) is 0 Å². The van der Waals surface area contributed by atoms with Gasteiger partial charge in [-0.3, -0.25) is 4.79 Å². The van der Waals surface area contributed by atoms with Crippen LogP contribution < -0.4 is 5.73 Å². The molecule has 0 aromatic heterocycles. The average molecular weight is 247 g/mol. The first-order valence-corrected chi connectivity index (χ1v) is 7.20. The van der Waals surface area contributed by atoms with Gasteiger partial charge in [0, 0.05) is 0 Å². The van der Waals surface area contributed by atoms with Crippen molar-refractivity contribution in [2.45, 2.75) is 48.6 Å². The normalized spacial score (nSPS) is 40.6. The molecular formula is C10H17NO4S. The van der Waals surface area contributed by atoms with Crippen LogP contribution in [0.25, 0.3) is 0 Å². The van der Waals surface area contributed by atoms with Gasteiger partial charge in [-0.25, -0.2) is 8.42 Å². The summed E-state index contributed by atoms with van der Waals surface area (Å²) in [6, 6.07) is 0. The molecule has 0 amide bonds. The van der Waals surface area contributed by atoms with E-state index in [0.29, 0.717) is 12.8 Å². The Morgan fingerprint density at radius 3 is 2.31 bits per heavy atom. The van der Waals surface area contributed by atoms with Gasteiger partial charge in [-0.05, 0) is 32.6 Å². The van der Waals surface area contributed by atoms with Crippen molar-refractivity contribution in [1.82, 2.24) is 0 Å². The molecule has 0 radical (unpaired) electrons. The molecule has 5 nitrogen and oxygen atoms in total. The largest absolute Gasteiger partial charge is 0.465 e. The van der Waals surface area contributed by atoms with Crippen molar-refractivity contribution >= 4 is 15.8 Å². The fourth-order valence-electron chi connectivity index (χ4n) is 2.75. The van der Waals surface area contributed by atoms with Crippen molar-refractivity contribution in [3.63, 3.8) is 0 Å². The lowest BCUT2D eigenvalue weighted by Gasteiger charge is -2.34. The van der Waals surface area contributed by atoms with E-state index in [9.17, 15) is 13.2 Å². The highest BCUT2D eigenvalue weighted by molar-refractivity contribution is 7.93. The van der Waals surface area contributed by atoms with E-state index in [1.54, 1.807) is 6.92 Å². The third kappa shape index (κ3) is 1.64. The topological polar surface area (TPSA) is 86.5 Å². The van der Waals surface area contributed by atoms with E-state index >= 15 is 0 Å². The van der Waals surface area contributed by atoms with E-state index in [0.717, 1.165) is 0 Å². The van der Waals surface area contributed by atoms with Crippen LogP contribution >= 0.6 is 0 Å². The summed E-state index contributed by atoms with van der Waals surface area (Å²) in [5, 5.41) is -0.888. The first kappa shape index (κ1) is 11.9. The van der Waals surface area contributed by atoms with Gasteiger partial charge < -0.3 is 10.5 Å². The van der Waals surface area contributed by atoms with Crippen LogP contribution in [0.1, 0.15) is 32.6 Å². The molecule has 2 aliphatic rings. The third-order valence-corrected chi connectivity index (χ3v) is 6.27. The number of sulfone groups is 1. The molecule has 2 heterocycles. The Bertz CT molecular complexity index is 383. The minimum absolute atomic E-state index is 0.213. The lowest BCUT2D eigenvalue weighted by atomic mass is 9.91. The fraction of sp³-hybridized carbons (Fsp3) is 0.900. The summed E-state index contributed by atoms with van der Waals surface area (Å²) in [7, 11) is -3.04. The summed E-state index contributed by atoms with van der Waals surface area (Å²) < 4.78 is 28.6. The van der Waals surface area contributed by atoms with Crippen molar-refractivity contribution < 1.29 is 17.9 Å². The maximum Gasteiger partial charge on any atom is 0.326 e. The molecule has 16 heavy (non-hydrogen) atoms. The smallest absolute Gasteiger partial charge is 0.326 e. The van der Waals surface area contributed by atoms with Crippen LogP contribution in [0.3, 0.4) is 0 Å². The molecule has 92 valence electrons. The second-order valence-corrected chi connectivity index (χ2v) is 7.21. The molecule has 0 saturated carbocycles. The van der Waals surface area contributed by atoms with Gasteiger partial charge in [-0.2, -0.15) is 0 Å². The number of fused-ring (bicyclic) bond motifs is 2. The van der Waals surface area contributed by atoms with Crippen molar-refractivity contribution in [2.75, 3.05) is 6.61 Å². The second kappa shape index (κ2) is 3.70. The van der Waals surface area contributed by atoms with Crippen molar-refractivity contribution in [1.29, 1.82) is 0 Å². The maximum absolute atomic E-state index is 11.8. The zero-order valence-electron chi connectivity index (χ0n) is 9.31. The number of carbonyl (C=O) groups is 1.